The minimum atomic E-state index is -4.79. The van der Waals surface area contributed by atoms with Crippen molar-refractivity contribution in [2.75, 3.05) is 24.5 Å². The highest BCUT2D eigenvalue weighted by molar-refractivity contribution is 8.00. The fraction of sp³-hybridized carbons (Fsp3) is 0.0110. The van der Waals surface area contributed by atoms with E-state index in [-0.39, 0.29) is 12.4 Å². The van der Waals surface area contributed by atoms with Gasteiger partial charge in [-0.15, -0.1) is 0 Å². The number of nitrogens with zero attached hydrogens (tertiary/aromatic N) is 5. The zero-order valence-electron chi connectivity index (χ0n) is 55.1. The van der Waals surface area contributed by atoms with Crippen molar-refractivity contribution in [1.29, 1.82) is 0 Å². The van der Waals surface area contributed by atoms with E-state index < -0.39 is 18.5 Å². The molecule has 4 aliphatic rings. The average molecular weight is 1330 g/mol. The van der Waals surface area contributed by atoms with E-state index in [2.05, 4.69) is 287 Å². The molecule has 0 spiro atoms. The smallest absolute Gasteiger partial charge is 0.311 e. The van der Waals surface area contributed by atoms with E-state index in [4.69, 9.17) is 0 Å². The summed E-state index contributed by atoms with van der Waals surface area (Å²) in [4.78, 5) is 13.3. The van der Waals surface area contributed by atoms with Crippen molar-refractivity contribution in [2.45, 2.75) is 16.0 Å². The molecule has 15 aromatic carbocycles. The van der Waals surface area contributed by atoms with Gasteiger partial charge in [-0.25, -0.2) is 0 Å². The number of anilines is 15. The van der Waals surface area contributed by atoms with Crippen LogP contribution in [-0.4, -0.2) is 13.4 Å². The average Bonchev–Trinajstić information content (AvgIpc) is 0.686. The summed E-state index contributed by atoms with van der Waals surface area (Å²) in [5.41, 5.74) is 23.7. The third kappa shape index (κ3) is 10.2. The molecule has 0 aliphatic carbocycles. The Kier molecular flexibility index (Phi) is 14.7. The van der Waals surface area contributed by atoms with E-state index in [9.17, 15) is 0 Å². The molecule has 0 saturated carbocycles. The fourth-order valence-corrected chi connectivity index (χ4v) is 17.3. The molecular formula is C91H60B2F3N5S. The van der Waals surface area contributed by atoms with Gasteiger partial charge in [0.25, 0.3) is 6.71 Å². The monoisotopic (exact) mass is 1330 g/mol. The lowest BCUT2D eigenvalue weighted by Crippen LogP contribution is -2.64. The summed E-state index contributed by atoms with van der Waals surface area (Å²) in [6.07, 6.45) is -4.79. The Morgan fingerprint density at radius 3 is 1.25 bits per heavy atom. The molecule has 0 bridgehead atoms. The van der Waals surface area contributed by atoms with Crippen LogP contribution in [0.1, 0.15) is 5.56 Å². The normalized spacial score (nSPS) is 12.9. The number of para-hydroxylation sites is 7. The lowest BCUT2D eigenvalue weighted by molar-refractivity contribution is -0.137. The molecule has 4 heterocycles. The highest BCUT2D eigenvalue weighted by Gasteiger charge is 2.49. The first-order valence-corrected chi connectivity index (χ1v) is 35.3. The number of rotatable bonds is 12. The molecule has 0 radical (unpaired) electrons. The van der Waals surface area contributed by atoms with Gasteiger partial charge in [-0.2, -0.15) is 13.2 Å². The molecule has 0 N–H and O–H groups in total. The number of hydrogen-bond acceptors (Lipinski definition) is 6. The predicted octanol–water partition coefficient (Wildman–Crippen LogP) is 21.5. The molecule has 4 aliphatic heterocycles. The zero-order chi connectivity index (χ0) is 68.0. The van der Waals surface area contributed by atoms with Crippen LogP contribution in [-0.2, 0) is 6.18 Å². The minimum absolute atomic E-state index is 0.0465. The third-order valence-electron chi connectivity index (χ3n) is 20.4. The first-order chi connectivity index (χ1) is 50.3. The Morgan fingerprint density at radius 1 is 0.265 bits per heavy atom. The van der Waals surface area contributed by atoms with E-state index in [1.54, 1.807) is 17.8 Å². The summed E-state index contributed by atoms with van der Waals surface area (Å²) < 4.78 is 51.0. The number of hydrogen-bond donors (Lipinski definition) is 0. The van der Waals surface area contributed by atoms with Crippen molar-refractivity contribution < 1.29 is 13.2 Å². The Balaban J connectivity index is 0.909. The molecule has 0 saturated heterocycles. The molecule has 0 unspecified atom stereocenters. The first-order valence-electron chi connectivity index (χ1n) is 34.4. The van der Waals surface area contributed by atoms with Crippen LogP contribution in [0.2, 0.25) is 0 Å². The number of benzene rings is 15. The van der Waals surface area contributed by atoms with Gasteiger partial charge in [0, 0.05) is 89.3 Å². The van der Waals surface area contributed by atoms with Crippen molar-refractivity contribution in [1.82, 2.24) is 0 Å². The summed E-state index contributed by atoms with van der Waals surface area (Å²) in [6, 6.07) is 126. The minimum Gasteiger partial charge on any atom is -0.311 e. The lowest BCUT2D eigenvalue weighted by Gasteiger charge is -2.46. The highest BCUT2D eigenvalue weighted by atomic mass is 32.2. The van der Waals surface area contributed by atoms with Gasteiger partial charge in [0.2, 0.25) is 6.71 Å². The van der Waals surface area contributed by atoms with Crippen LogP contribution in [0.4, 0.5) is 98.5 Å². The van der Waals surface area contributed by atoms with Gasteiger partial charge in [-0.05, 0) is 176 Å². The first kappa shape index (κ1) is 60.7. The van der Waals surface area contributed by atoms with Crippen molar-refractivity contribution in [2.24, 2.45) is 0 Å². The third-order valence-corrected chi connectivity index (χ3v) is 21.5. The molecule has 0 fully saturated rings. The van der Waals surface area contributed by atoms with Gasteiger partial charge < -0.3 is 24.5 Å². The van der Waals surface area contributed by atoms with Crippen LogP contribution in [0.15, 0.2) is 374 Å². The Bertz CT molecular complexity index is 5660. The summed E-state index contributed by atoms with van der Waals surface area (Å²) >= 11 is 1.70. The second-order valence-electron chi connectivity index (χ2n) is 26.2. The summed E-state index contributed by atoms with van der Waals surface area (Å²) in [7, 11) is 0. The molecule has 5 nitrogen and oxygen atoms in total. The molecule has 0 atom stereocenters. The van der Waals surface area contributed by atoms with Gasteiger partial charge >= 0.3 is 6.18 Å². The van der Waals surface area contributed by atoms with Crippen LogP contribution in [0.3, 0.4) is 0 Å². The molecule has 482 valence electrons. The second-order valence-corrected chi connectivity index (χ2v) is 27.3. The SMILES string of the molecule is FC(F)(F)c1cccc(-c2ccccc2)c1N1c2cc3c(cc2B2c4ccccc4N(c4ccccc4)c4cc(N(c5ccccc5)c5ccccc5)cc1c42)B1c2ccccc2N(c2ccccc2)c2cc(N(c4ccc(-c5ccccc5)cc4)c4cccc(-c5ccccc5)c4)cc(c21)S3. The number of halogens is 3. The van der Waals surface area contributed by atoms with Crippen LogP contribution in [0, 0.1) is 0 Å². The summed E-state index contributed by atoms with van der Waals surface area (Å²) in [5, 5.41) is 0. The second kappa shape index (κ2) is 24.8. The maximum Gasteiger partial charge on any atom is 0.418 e. The van der Waals surface area contributed by atoms with E-state index >= 15 is 13.2 Å². The quantitative estimate of drug-likeness (QED) is 0.113. The summed E-state index contributed by atoms with van der Waals surface area (Å²) in [6.45, 7) is -0.774. The molecule has 102 heavy (non-hydrogen) atoms. The fourth-order valence-electron chi connectivity index (χ4n) is 16.1. The van der Waals surface area contributed by atoms with E-state index in [1.807, 2.05) is 89.8 Å². The van der Waals surface area contributed by atoms with Crippen LogP contribution in [0.5, 0.6) is 0 Å². The maximum atomic E-state index is 17.0. The van der Waals surface area contributed by atoms with Gasteiger partial charge in [0.05, 0.1) is 16.9 Å². The molecular weight excluding hydrogens is 1270 g/mol. The molecule has 0 aromatic heterocycles. The molecule has 19 rings (SSSR count). The molecule has 11 heteroatoms. The lowest BCUT2D eigenvalue weighted by atomic mass is 9.31. The standard InChI is InChI=1S/C91H60B2F3N5S/c94-91(95,96)75-45-27-44-74(64-32-12-3-13-33-64)90(75)101-82-60-86-79(59-78(82)92-76-46-22-24-48-80(76)99(68-39-18-6-19-40-68)83-55-72(56-84(101)88(83)92)97(66-35-14-4-15-36-66)67-37-16-5-17-38-67)93-77-47-23-25-49-81(77)100(69-41-20-7-21-42-69)85-57-73(58-87(102-86)89(85)93)98(70-52-50-63(51-53-70)61-28-8-1-9-29-61)71-43-26-34-65(54-71)62-30-10-2-11-31-62/h1-60H. The molecule has 15 aromatic rings. The van der Waals surface area contributed by atoms with Gasteiger partial charge in [-0.3, -0.25) is 0 Å². The van der Waals surface area contributed by atoms with Crippen LogP contribution < -0.4 is 57.3 Å². The van der Waals surface area contributed by atoms with E-state index in [0.717, 1.165) is 133 Å². The highest BCUT2D eigenvalue weighted by Crippen LogP contribution is 2.55. The number of fused-ring (bicyclic) bond motifs is 8. The van der Waals surface area contributed by atoms with E-state index in [0.29, 0.717) is 22.5 Å². The Morgan fingerprint density at radius 2 is 0.686 bits per heavy atom. The van der Waals surface area contributed by atoms with Crippen molar-refractivity contribution in [3.63, 3.8) is 0 Å². The van der Waals surface area contributed by atoms with Gasteiger partial charge in [0.1, 0.15) is 0 Å². The largest absolute Gasteiger partial charge is 0.418 e. The van der Waals surface area contributed by atoms with Crippen molar-refractivity contribution in [3.05, 3.63) is 370 Å². The van der Waals surface area contributed by atoms with E-state index in [1.165, 1.54) is 6.07 Å². The predicted molar refractivity (Wildman–Crippen MR) is 421 cm³/mol. The van der Waals surface area contributed by atoms with Crippen LogP contribution >= 0.6 is 11.8 Å². The van der Waals surface area contributed by atoms with Crippen molar-refractivity contribution in [3.8, 4) is 33.4 Å². The number of alkyl halides is 3. The van der Waals surface area contributed by atoms with Crippen LogP contribution in [0.25, 0.3) is 33.4 Å². The summed E-state index contributed by atoms with van der Waals surface area (Å²) in [5.74, 6) is 0. The van der Waals surface area contributed by atoms with Crippen molar-refractivity contribution >= 4 is 143 Å². The van der Waals surface area contributed by atoms with Gasteiger partial charge in [-0.1, -0.05) is 260 Å². The van der Waals surface area contributed by atoms with Gasteiger partial charge in [0.15, 0.2) is 0 Å². The Labute approximate surface area is 596 Å². The Hall–Kier alpha value is -12.4. The maximum absolute atomic E-state index is 17.0. The topological polar surface area (TPSA) is 16.2 Å². The molecule has 0 amide bonds. The zero-order valence-corrected chi connectivity index (χ0v) is 55.9.